The van der Waals surface area contributed by atoms with Gasteiger partial charge in [-0.05, 0) is 33.9 Å². The smallest absolute Gasteiger partial charge is 0.321 e. The van der Waals surface area contributed by atoms with E-state index in [9.17, 15) is 9.90 Å². The SMILES string of the molecule is O=C(O)C1CSC(c2ccc(-c3ccc(-c4c(Cc5ccccc5)oc5ccccc45)cc3)cc2)N1. The Morgan fingerprint density at radius 3 is 2.17 bits per heavy atom. The highest BCUT2D eigenvalue weighted by molar-refractivity contribution is 7.99. The van der Waals surface area contributed by atoms with Gasteiger partial charge in [0.1, 0.15) is 17.4 Å². The Kier molecular flexibility index (Phi) is 6.09. The summed E-state index contributed by atoms with van der Waals surface area (Å²) in [4.78, 5) is 11.2. The largest absolute Gasteiger partial charge is 0.480 e. The maximum absolute atomic E-state index is 11.2. The summed E-state index contributed by atoms with van der Waals surface area (Å²) in [6.45, 7) is 0. The van der Waals surface area contributed by atoms with E-state index in [0.29, 0.717) is 5.75 Å². The highest BCUT2D eigenvalue weighted by atomic mass is 32.2. The van der Waals surface area contributed by atoms with Gasteiger partial charge in [-0.25, -0.2) is 0 Å². The lowest BCUT2D eigenvalue weighted by Gasteiger charge is -2.12. The van der Waals surface area contributed by atoms with Crippen LogP contribution in [0.1, 0.15) is 22.3 Å². The number of fused-ring (bicyclic) bond motifs is 1. The molecule has 36 heavy (non-hydrogen) atoms. The maximum atomic E-state index is 11.2. The van der Waals surface area contributed by atoms with Crippen molar-refractivity contribution >= 4 is 28.7 Å². The number of nitrogens with one attached hydrogen (secondary N) is 1. The average Bonchev–Trinajstić information content (AvgIpc) is 3.55. The number of aliphatic carboxylic acids is 1. The van der Waals surface area contributed by atoms with E-state index in [4.69, 9.17) is 4.42 Å². The van der Waals surface area contributed by atoms with Gasteiger partial charge in [0.15, 0.2) is 0 Å². The monoisotopic (exact) mass is 491 g/mol. The summed E-state index contributed by atoms with van der Waals surface area (Å²) < 4.78 is 6.31. The third kappa shape index (κ3) is 4.43. The fourth-order valence-corrected chi connectivity index (χ4v) is 6.04. The van der Waals surface area contributed by atoms with Crippen molar-refractivity contribution in [1.29, 1.82) is 0 Å². The molecular formula is C31H25NO3S. The number of hydrogen-bond donors (Lipinski definition) is 2. The molecule has 2 atom stereocenters. The molecule has 1 aromatic heterocycles. The van der Waals surface area contributed by atoms with Gasteiger partial charge >= 0.3 is 5.97 Å². The van der Waals surface area contributed by atoms with Gasteiger partial charge in [-0.1, -0.05) is 97.1 Å². The van der Waals surface area contributed by atoms with Gasteiger partial charge < -0.3 is 9.52 Å². The molecule has 0 spiro atoms. The summed E-state index contributed by atoms with van der Waals surface area (Å²) in [5.74, 6) is 0.762. The number of carboxylic acids is 1. The summed E-state index contributed by atoms with van der Waals surface area (Å²) in [5, 5.41) is 13.6. The standard InChI is InChI=1S/C31H25NO3S/c33-31(34)26-19-36-30(32-26)24-16-12-22(13-17-24)21-10-14-23(15-11-21)29-25-8-4-5-9-27(25)35-28(29)18-20-6-2-1-3-7-20/h1-17,26,30,32H,18-19H2,(H,33,34). The third-order valence-corrected chi connectivity index (χ3v) is 7.94. The molecule has 0 aliphatic carbocycles. The van der Waals surface area contributed by atoms with Crippen LogP contribution in [-0.2, 0) is 11.2 Å². The molecule has 6 rings (SSSR count). The van der Waals surface area contributed by atoms with Gasteiger partial charge in [-0.2, -0.15) is 0 Å². The predicted molar refractivity (Wildman–Crippen MR) is 146 cm³/mol. The summed E-state index contributed by atoms with van der Waals surface area (Å²) >= 11 is 1.64. The highest BCUT2D eigenvalue weighted by Crippen LogP contribution is 2.38. The molecule has 1 fully saturated rings. The molecule has 1 aliphatic heterocycles. The normalized spacial score (nSPS) is 17.4. The number of benzene rings is 4. The van der Waals surface area contributed by atoms with Crippen LogP contribution in [0.25, 0.3) is 33.2 Å². The van der Waals surface area contributed by atoms with Crippen molar-refractivity contribution in [3.8, 4) is 22.3 Å². The minimum atomic E-state index is -0.793. The number of para-hydroxylation sites is 1. The lowest BCUT2D eigenvalue weighted by atomic mass is 9.96. The van der Waals surface area contributed by atoms with E-state index in [2.05, 4.69) is 90.2 Å². The van der Waals surface area contributed by atoms with Gasteiger partial charge in [0.25, 0.3) is 0 Å². The second-order valence-corrected chi connectivity index (χ2v) is 10.2. The van der Waals surface area contributed by atoms with Crippen LogP contribution in [0, 0.1) is 0 Å². The molecule has 2 unspecified atom stereocenters. The van der Waals surface area contributed by atoms with Crippen molar-refractivity contribution in [2.75, 3.05) is 5.75 Å². The molecule has 4 aromatic carbocycles. The first-order chi connectivity index (χ1) is 17.7. The molecule has 1 saturated heterocycles. The van der Waals surface area contributed by atoms with Crippen LogP contribution >= 0.6 is 11.8 Å². The molecule has 4 nitrogen and oxygen atoms in total. The number of furan rings is 1. The zero-order chi connectivity index (χ0) is 24.5. The third-order valence-electron chi connectivity index (χ3n) is 6.68. The van der Waals surface area contributed by atoms with Crippen LogP contribution in [0.15, 0.2) is 108 Å². The van der Waals surface area contributed by atoms with Crippen LogP contribution < -0.4 is 5.32 Å². The summed E-state index contributed by atoms with van der Waals surface area (Å²) in [6, 6.07) is 35.2. The molecule has 5 aromatic rings. The van der Waals surface area contributed by atoms with Gasteiger partial charge in [-0.3, -0.25) is 10.1 Å². The number of rotatable bonds is 6. The van der Waals surface area contributed by atoms with E-state index in [0.717, 1.165) is 51.0 Å². The topological polar surface area (TPSA) is 62.5 Å². The fraction of sp³-hybridized carbons (Fsp3) is 0.129. The quantitative estimate of drug-likeness (QED) is 0.264. The first-order valence-corrected chi connectivity index (χ1v) is 13.1. The van der Waals surface area contributed by atoms with Gasteiger partial charge in [0.05, 0.1) is 5.37 Å². The fourth-order valence-electron chi connectivity index (χ4n) is 4.80. The zero-order valence-corrected chi connectivity index (χ0v) is 20.4. The molecule has 2 N–H and O–H groups in total. The van der Waals surface area contributed by atoms with Gasteiger partial charge in [-0.15, -0.1) is 11.8 Å². The summed E-state index contributed by atoms with van der Waals surface area (Å²) in [6.07, 6.45) is 0.740. The van der Waals surface area contributed by atoms with Crippen molar-refractivity contribution in [3.05, 3.63) is 120 Å². The van der Waals surface area contributed by atoms with Gasteiger partial charge in [0.2, 0.25) is 0 Å². The van der Waals surface area contributed by atoms with E-state index in [1.54, 1.807) is 11.8 Å². The van der Waals surface area contributed by atoms with Crippen molar-refractivity contribution in [2.24, 2.45) is 0 Å². The van der Waals surface area contributed by atoms with E-state index in [1.807, 2.05) is 18.2 Å². The highest BCUT2D eigenvalue weighted by Gasteiger charge is 2.30. The average molecular weight is 492 g/mol. The van der Waals surface area contributed by atoms with Crippen molar-refractivity contribution < 1.29 is 14.3 Å². The molecule has 178 valence electrons. The molecule has 5 heteroatoms. The molecule has 0 bridgehead atoms. The number of carboxylic acid groups (broad SMARTS) is 1. The molecule has 0 saturated carbocycles. The van der Waals surface area contributed by atoms with E-state index >= 15 is 0 Å². The van der Waals surface area contributed by atoms with Crippen LogP contribution in [0.5, 0.6) is 0 Å². The first-order valence-electron chi connectivity index (χ1n) is 12.0. The second kappa shape index (κ2) is 9.69. The van der Waals surface area contributed by atoms with E-state index in [1.165, 1.54) is 5.56 Å². The Morgan fingerprint density at radius 2 is 1.47 bits per heavy atom. The molecule has 2 heterocycles. The Labute approximate surface area is 214 Å². The van der Waals surface area contributed by atoms with E-state index in [-0.39, 0.29) is 5.37 Å². The lowest BCUT2D eigenvalue weighted by molar-refractivity contribution is -0.138. The molecule has 0 radical (unpaired) electrons. The maximum Gasteiger partial charge on any atom is 0.321 e. The van der Waals surface area contributed by atoms with Crippen LogP contribution in [0.4, 0.5) is 0 Å². The van der Waals surface area contributed by atoms with Crippen LogP contribution in [0.3, 0.4) is 0 Å². The minimum Gasteiger partial charge on any atom is -0.480 e. The Balaban J connectivity index is 1.28. The lowest BCUT2D eigenvalue weighted by Crippen LogP contribution is -2.33. The number of thioether (sulfide) groups is 1. The Morgan fingerprint density at radius 1 is 0.833 bits per heavy atom. The van der Waals surface area contributed by atoms with Crippen LogP contribution in [-0.4, -0.2) is 22.9 Å². The first kappa shape index (κ1) is 22.7. The van der Waals surface area contributed by atoms with Crippen molar-refractivity contribution in [3.63, 3.8) is 0 Å². The number of hydrogen-bond acceptors (Lipinski definition) is 4. The molecule has 0 amide bonds. The summed E-state index contributed by atoms with van der Waals surface area (Å²) in [7, 11) is 0. The number of carbonyl (C=O) groups is 1. The van der Waals surface area contributed by atoms with Gasteiger partial charge in [0, 0.05) is 23.1 Å². The Bertz CT molecular complexity index is 1510. The van der Waals surface area contributed by atoms with Crippen LogP contribution in [0.2, 0.25) is 0 Å². The molecular weight excluding hydrogens is 466 g/mol. The van der Waals surface area contributed by atoms with Crippen molar-refractivity contribution in [1.82, 2.24) is 5.32 Å². The molecule has 1 aliphatic rings. The summed E-state index contributed by atoms with van der Waals surface area (Å²) in [5.41, 5.74) is 7.77. The zero-order valence-electron chi connectivity index (χ0n) is 19.6. The van der Waals surface area contributed by atoms with Crippen molar-refractivity contribution in [2.45, 2.75) is 17.8 Å². The van der Waals surface area contributed by atoms with E-state index < -0.39 is 12.0 Å². The predicted octanol–water partition coefficient (Wildman–Crippen LogP) is 7.15. The Hall–Kier alpha value is -3.80. The second-order valence-electron chi connectivity index (χ2n) is 9.03. The minimum absolute atomic E-state index is 0.0138.